The van der Waals surface area contributed by atoms with Crippen molar-refractivity contribution in [2.24, 2.45) is 0 Å². The number of hydrogen-bond donors (Lipinski definition) is 1. The predicted octanol–water partition coefficient (Wildman–Crippen LogP) is 7.34. The summed E-state index contributed by atoms with van der Waals surface area (Å²) in [5.41, 5.74) is 6.14. The zero-order chi connectivity index (χ0) is 16.1. The van der Waals surface area contributed by atoms with Gasteiger partial charge in [-0.15, -0.1) is 0 Å². The lowest BCUT2D eigenvalue weighted by Crippen LogP contribution is -1.96. The highest BCUT2D eigenvalue weighted by molar-refractivity contribution is 9.11. The molecule has 2 aromatic rings. The lowest BCUT2D eigenvalue weighted by Gasteiger charge is -2.19. The van der Waals surface area contributed by atoms with E-state index in [0.717, 1.165) is 40.1 Å². The van der Waals surface area contributed by atoms with Gasteiger partial charge >= 0.3 is 0 Å². The van der Waals surface area contributed by atoms with Gasteiger partial charge < -0.3 is 5.11 Å². The van der Waals surface area contributed by atoms with E-state index in [1.807, 2.05) is 13.8 Å². The molecule has 1 N–H and O–H groups in total. The molecular weight excluding hydrogens is 528 g/mol. The van der Waals surface area contributed by atoms with E-state index in [2.05, 4.69) is 83.6 Å². The summed E-state index contributed by atoms with van der Waals surface area (Å²) < 4.78 is 3.88. The van der Waals surface area contributed by atoms with Gasteiger partial charge in [-0.1, -0.05) is 6.07 Å². The average Bonchev–Trinajstić information content (AvgIpc) is 2.44. The van der Waals surface area contributed by atoms with Gasteiger partial charge in [-0.05, 0) is 103 Å². The van der Waals surface area contributed by atoms with Crippen LogP contribution in [0.2, 0.25) is 0 Å². The Balaban J connectivity index is 3.00. The molecule has 0 aliphatic heterocycles. The lowest BCUT2D eigenvalue weighted by molar-refractivity contribution is 0.466. The first kappa shape index (κ1) is 17.5. The van der Waals surface area contributed by atoms with E-state index in [-0.39, 0.29) is 0 Å². The Labute approximate surface area is 158 Å². The zero-order valence-electron chi connectivity index (χ0n) is 12.0. The van der Waals surface area contributed by atoms with E-state index >= 15 is 0 Å². The molecule has 0 saturated carbocycles. The van der Waals surface area contributed by atoms with Gasteiger partial charge in [0.1, 0.15) is 5.75 Å². The standard InChI is InChI=1S/C16H14Br4O/c1-6-5-7(2)13(18)10(12(6)17)11-14(19)8(3)16(21)9(4)15(11)20/h5,21H,1-4H3. The number of halogens is 4. The third kappa shape index (κ3) is 2.87. The van der Waals surface area contributed by atoms with Crippen molar-refractivity contribution in [3.8, 4) is 16.9 Å². The summed E-state index contributed by atoms with van der Waals surface area (Å²) in [6, 6.07) is 2.14. The summed E-state index contributed by atoms with van der Waals surface area (Å²) >= 11 is 14.7. The molecule has 2 aromatic carbocycles. The van der Waals surface area contributed by atoms with Crippen LogP contribution in [-0.4, -0.2) is 5.11 Å². The second kappa shape index (κ2) is 6.34. The van der Waals surface area contributed by atoms with Crippen molar-refractivity contribution < 1.29 is 5.11 Å². The third-order valence-electron chi connectivity index (χ3n) is 3.62. The summed E-state index contributed by atoms with van der Waals surface area (Å²) in [6.07, 6.45) is 0. The summed E-state index contributed by atoms with van der Waals surface area (Å²) in [5, 5.41) is 10.2. The van der Waals surface area contributed by atoms with Crippen LogP contribution in [0.5, 0.6) is 5.75 Å². The third-order valence-corrected chi connectivity index (χ3v) is 7.65. The van der Waals surface area contributed by atoms with E-state index in [1.165, 1.54) is 11.1 Å². The summed E-state index contributed by atoms with van der Waals surface area (Å²) in [7, 11) is 0. The second-order valence-electron chi connectivity index (χ2n) is 5.11. The van der Waals surface area contributed by atoms with Crippen LogP contribution in [0.15, 0.2) is 24.0 Å². The largest absolute Gasteiger partial charge is 0.507 e. The first-order chi connectivity index (χ1) is 9.68. The lowest BCUT2D eigenvalue weighted by atomic mass is 9.97. The Bertz CT molecular complexity index is 696. The maximum absolute atomic E-state index is 10.2. The molecule has 5 heteroatoms. The first-order valence-corrected chi connectivity index (χ1v) is 9.48. The van der Waals surface area contributed by atoms with Gasteiger partial charge in [0.25, 0.3) is 0 Å². The molecule has 0 atom stereocenters. The second-order valence-corrected chi connectivity index (χ2v) is 8.29. The Kier molecular flexibility index (Phi) is 5.29. The van der Waals surface area contributed by atoms with E-state index < -0.39 is 0 Å². The van der Waals surface area contributed by atoms with Crippen molar-refractivity contribution in [1.82, 2.24) is 0 Å². The van der Waals surface area contributed by atoms with Crippen LogP contribution >= 0.6 is 63.7 Å². The predicted molar refractivity (Wildman–Crippen MR) is 103 cm³/mol. The van der Waals surface area contributed by atoms with Crippen LogP contribution < -0.4 is 0 Å². The summed E-state index contributed by atoms with van der Waals surface area (Å²) in [5.74, 6) is 0.314. The van der Waals surface area contributed by atoms with Crippen LogP contribution in [0, 0.1) is 27.7 Å². The van der Waals surface area contributed by atoms with Crippen molar-refractivity contribution in [1.29, 1.82) is 0 Å². The van der Waals surface area contributed by atoms with Crippen LogP contribution in [0.4, 0.5) is 0 Å². The fourth-order valence-corrected chi connectivity index (χ4v) is 5.06. The van der Waals surface area contributed by atoms with Crippen molar-refractivity contribution >= 4 is 63.7 Å². The van der Waals surface area contributed by atoms with E-state index in [0.29, 0.717) is 5.75 Å². The van der Waals surface area contributed by atoms with Crippen molar-refractivity contribution in [2.45, 2.75) is 27.7 Å². The molecule has 112 valence electrons. The highest BCUT2D eigenvalue weighted by Crippen LogP contribution is 2.49. The molecule has 0 saturated heterocycles. The number of benzene rings is 2. The Morgan fingerprint density at radius 2 is 1.00 bits per heavy atom. The van der Waals surface area contributed by atoms with Gasteiger partial charge in [0, 0.05) is 40.1 Å². The van der Waals surface area contributed by atoms with Crippen LogP contribution in [-0.2, 0) is 0 Å². The van der Waals surface area contributed by atoms with Gasteiger partial charge in [-0.2, -0.15) is 0 Å². The van der Waals surface area contributed by atoms with Crippen molar-refractivity contribution in [3.05, 3.63) is 46.2 Å². The van der Waals surface area contributed by atoms with Gasteiger partial charge in [-0.3, -0.25) is 0 Å². The highest BCUT2D eigenvalue weighted by Gasteiger charge is 2.22. The molecule has 0 spiro atoms. The molecule has 0 aliphatic rings. The van der Waals surface area contributed by atoms with Gasteiger partial charge in [0.2, 0.25) is 0 Å². The highest BCUT2D eigenvalue weighted by atomic mass is 79.9. The summed E-state index contributed by atoms with van der Waals surface area (Å²) in [4.78, 5) is 0. The molecule has 0 aliphatic carbocycles. The maximum atomic E-state index is 10.2. The fourth-order valence-electron chi connectivity index (χ4n) is 2.34. The quantitative estimate of drug-likeness (QED) is 0.400. The topological polar surface area (TPSA) is 20.2 Å². The molecule has 0 fully saturated rings. The number of phenolic OH excluding ortho intramolecular Hbond substituents is 1. The molecular formula is C16H14Br4O. The van der Waals surface area contributed by atoms with E-state index in [9.17, 15) is 5.11 Å². The van der Waals surface area contributed by atoms with Gasteiger partial charge in [0.15, 0.2) is 0 Å². The maximum Gasteiger partial charge on any atom is 0.123 e. The molecule has 21 heavy (non-hydrogen) atoms. The van der Waals surface area contributed by atoms with E-state index in [1.54, 1.807) is 0 Å². The van der Waals surface area contributed by atoms with Crippen LogP contribution in [0.3, 0.4) is 0 Å². The van der Waals surface area contributed by atoms with Crippen molar-refractivity contribution in [2.75, 3.05) is 0 Å². The Morgan fingerprint density at radius 3 is 1.38 bits per heavy atom. The summed E-state index contributed by atoms with van der Waals surface area (Å²) in [6.45, 7) is 7.98. The molecule has 1 nitrogen and oxygen atoms in total. The molecule has 0 bridgehead atoms. The fraction of sp³-hybridized carbons (Fsp3) is 0.250. The normalized spacial score (nSPS) is 11.0. The number of hydrogen-bond acceptors (Lipinski definition) is 1. The number of aryl methyl sites for hydroxylation is 2. The monoisotopic (exact) mass is 538 g/mol. The number of aromatic hydroxyl groups is 1. The Hall–Kier alpha value is 0.160. The molecule has 0 amide bonds. The molecule has 0 radical (unpaired) electrons. The number of phenols is 1. The number of rotatable bonds is 1. The minimum Gasteiger partial charge on any atom is -0.507 e. The average molecular weight is 542 g/mol. The minimum absolute atomic E-state index is 0.314. The first-order valence-electron chi connectivity index (χ1n) is 6.31. The molecule has 0 heterocycles. The molecule has 0 unspecified atom stereocenters. The van der Waals surface area contributed by atoms with E-state index in [4.69, 9.17) is 0 Å². The van der Waals surface area contributed by atoms with Crippen LogP contribution in [0.1, 0.15) is 22.3 Å². The Morgan fingerprint density at radius 1 is 0.667 bits per heavy atom. The van der Waals surface area contributed by atoms with Gasteiger partial charge in [0.05, 0.1) is 0 Å². The van der Waals surface area contributed by atoms with Crippen molar-refractivity contribution in [3.63, 3.8) is 0 Å². The molecule has 0 aromatic heterocycles. The SMILES string of the molecule is Cc1cc(C)c(Br)c(-c2c(Br)c(C)c(O)c(C)c2Br)c1Br. The zero-order valence-corrected chi connectivity index (χ0v) is 18.4. The minimum atomic E-state index is 0.314. The van der Waals surface area contributed by atoms with Gasteiger partial charge in [-0.25, -0.2) is 0 Å². The van der Waals surface area contributed by atoms with Crippen LogP contribution in [0.25, 0.3) is 11.1 Å². The smallest absolute Gasteiger partial charge is 0.123 e. The molecule has 2 rings (SSSR count).